The van der Waals surface area contributed by atoms with Crippen LogP contribution in [0.4, 0.5) is 0 Å². The molecule has 2 unspecified atom stereocenters. The summed E-state index contributed by atoms with van der Waals surface area (Å²) >= 11 is 1.81. The van der Waals surface area contributed by atoms with Gasteiger partial charge in [-0.2, -0.15) is 11.8 Å². The minimum atomic E-state index is -2.91. The van der Waals surface area contributed by atoms with Gasteiger partial charge in [0.2, 0.25) is 5.91 Å². The Morgan fingerprint density at radius 1 is 1.41 bits per heavy atom. The third-order valence-electron chi connectivity index (χ3n) is 3.55. The van der Waals surface area contributed by atoms with Crippen LogP contribution < -0.4 is 0 Å². The number of carbonyl (C=O) groups excluding carboxylic acids is 1. The third kappa shape index (κ3) is 2.96. The second-order valence-corrected chi connectivity index (χ2v) is 8.12. The van der Waals surface area contributed by atoms with Gasteiger partial charge in [0.05, 0.1) is 11.5 Å². The van der Waals surface area contributed by atoms with Crippen LogP contribution >= 0.6 is 11.8 Å². The zero-order valence-electron chi connectivity index (χ0n) is 10.1. The molecular formula is C11H19NO3S2. The maximum Gasteiger partial charge on any atom is 0.226 e. The normalized spacial score (nSPS) is 31.6. The first-order chi connectivity index (χ1) is 8.03. The lowest BCUT2D eigenvalue weighted by molar-refractivity contribution is -0.136. The smallest absolute Gasteiger partial charge is 0.226 e. The average Bonchev–Trinajstić information content (AvgIpc) is 2.88. The summed E-state index contributed by atoms with van der Waals surface area (Å²) in [5, 5.41) is 0. The molecule has 17 heavy (non-hydrogen) atoms. The van der Waals surface area contributed by atoms with Crippen molar-refractivity contribution in [3.8, 4) is 0 Å². The summed E-state index contributed by atoms with van der Waals surface area (Å²) in [5.41, 5.74) is 0. The molecule has 2 atom stereocenters. The summed E-state index contributed by atoms with van der Waals surface area (Å²) in [7, 11) is -2.91. The summed E-state index contributed by atoms with van der Waals surface area (Å²) in [6.07, 6.45) is 1.56. The Morgan fingerprint density at radius 2 is 2.18 bits per heavy atom. The predicted octanol–water partition coefficient (Wildman–Crippen LogP) is 0.775. The molecule has 2 heterocycles. The van der Waals surface area contributed by atoms with E-state index in [0.717, 1.165) is 17.9 Å². The van der Waals surface area contributed by atoms with Gasteiger partial charge < -0.3 is 4.90 Å². The highest BCUT2D eigenvalue weighted by Gasteiger charge is 2.36. The van der Waals surface area contributed by atoms with Gasteiger partial charge in [-0.05, 0) is 25.5 Å². The lowest BCUT2D eigenvalue weighted by Gasteiger charge is -2.29. The maximum absolute atomic E-state index is 12.3. The summed E-state index contributed by atoms with van der Waals surface area (Å²) in [5.74, 6) is 2.63. The topological polar surface area (TPSA) is 54.5 Å². The molecule has 0 N–H and O–H groups in total. The largest absolute Gasteiger partial charge is 0.339 e. The van der Waals surface area contributed by atoms with Gasteiger partial charge in [0.25, 0.3) is 0 Å². The first-order valence-corrected chi connectivity index (χ1v) is 9.10. The molecule has 2 rings (SSSR count). The molecule has 0 saturated carbocycles. The van der Waals surface area contributed by atoms with Gasteiger partial charge in [-0.1, -0.05) is 0 Å². The minimum Gasteiger partial charge on any atom is -0.339 e. The fraction of sp³-hybridized carbons (Fsp3) is 0.909. The summed E-state index contributed by atoms with van der Waals surface area (Å²) in [4.78, 5) is 14.1. The Hall–Kier alpha value is -0.230. The van der Waals surface area contributed by atoms with E-state index in [4.69, 9.17) is 0 Å². The fourth-order valence-electron chi connectivity index (χ4n) is 2.58. The van der Waals surface area contributed by atoms with Crippen LogP contribution in [0.1, 0.15) is 19.8 Å². The standard InChI is InChI=1S/C11H19NO3S2/c1-2-12(10-4-6-17(14,15)8-10)11(13)9-3-5-16-7-9/h9-10H,2-8H2,1H3. The summed E-state index contributed by atoms with van der Waals surface area (Å²) in [6, 6.07) is -0.0805. The number of amides is 1. The van der Waals surface area contributed by atoms with Gasteiger partial charge in [-0.15, -0.1) is 0 Å². The average molecular weight is 277 g/mol. The quantitative estimate of drug-likeness (QED) is 0.765. The second kappa shape index (κ2) is 5.18. The van der Waals surface area contributed by atoms with Crippen molar-refractivity contribution in [3.05, 3.63) is 0 Å². The zero-order chi connectivity index (χ0) is 12.5. The van der Waals surface area contributed by atoms with Crippen LogP contribution in [0.3, 0.4) is 0 Å². The zero-order valence-corrected chi connectivity index (χ0v) is 11.7. The van der Waals surface area contributed by atoms with Crippen molar-refractivity contribution in [1.82, 2.24) is 4.90 Å². The fourth-order valence-corrected chi connectivity index (χ4v) is 5.52. The highest BCUT2D eigenvalue weighted by molar-refractivity contribution is 7.99. The Labute approximate surface area is 107 Å². The number of carbonyl (C=O) groups is 1. The maximum atomic E-state index is 12.3. The van der Waals surface area contributed by atoms with Gasteiger partial charge in [-0.25, -0.2) is 8.42 Å². The van der Waals surface area contributed by atoms with Gasteiger partial charge in [0.15, 0.2) is 9.84 Å². The molecule has 0 radical (unpaired) electrons. The molecular weight excluding hydrogens is 258 g/mol. The lowest BCUT2D eigenvalue weighted by atomic mass is 10.1. The van der Waals surface area contributed by atoms with Crippen LogP contribution in [0, 0.1) is 5.92 Å². The molecule has 4 nitrogen and oxygen atoms in total. The molecule has 6 heteroatoms. The number of nitrogens with zero attached hydrogens (tertiary/aromatic N) is 1. The number of rotatable bonds is 3. The molecule has 0 bridgehead atoms. The molecule has 0 aromatic carbocycles. The van der Waals surface area contributed by atoms with E-state index in [1.807, 2.05) is 18.7 Å². The van der Waals surface area contributed by atoms with E-state index in [0.29, 0.717) is 13.0 Å². The van der Waals surface area contributed by atoms with Gasteiger partial charge >= 0.3 is 0 Å². The Kier molecular flexibility index (Phi) is 4.02. The van der Waals surface area contributed by atoms with Crippen LogP contribution in [-0.4, -0.2) is 54.8 Å². The molecule has 2 fully saturated rings. The highest BCUT2D eigenvalue weighted by Crippen LogP contribution is 2.27. The molecule has 2 aliphatic heterocycles. The summed E-state index contributed by atoms with van der Waals surface area (Å²) < 4.78 is 22.9. The molecule has 98 valence electrons. The van der Waals surface area contributed by atoms with E-state index in [1.165, 1.54) is 0 Å². The van der Waals surface area contributed by atoms with Crippen molar-refractivity contribution >= 4 is 27.5 Å². The van der Waals surface area contributed by atoms with E-state index in [-0.39, 0.29) is 29.4 Å². The second-order valence-electron chi connectivity index (χ2n) is 4.74. The molecule has 0 aromatic heterocycles. The Morgan fingerprint density at radius 3 is 2.65 bits per heavy atom. The van der Waals surface area contributed by atoms with E-state index in [2.05, 4.69) is 0 Å². The van der Waals surface area contributed by atoms with Crippen molar-refractivity contribution in [1.29, 1.82) is 0 Å². The molecule has 1 amide bonds. The predicted molar refractivity (Wildman–Crippen MR) is 69.9 cm³/mol. The van der Waals surface area contributed by atoms with Crippen molar-refractivity contribution in [2.24, 2.45) is 5.92 Å². The summed E-state index contributed by atoms with van der Waals surface area (Å²) in [6.45, 7) is 2.56. The van der Waals surface area contributed by atoms with Crippen LogP contribution in [0.2, 0.25) is 0 Å². The van der Waals surface area contributed by atoms with Crippen molar-refractivity contribution in [3.63, 3.8) is 0 Å². The first-order valence-electron chi connectivity index (χ1n) is 6.12. The van der Waals surface area contributed by atoms with Crippen molar-refractivity contribution in [2.45, 2.75) is 25.8 Å². The Balaban J connectivity index is 2.03. The number of thioether (sulfide) groups is 1. The first kappa shape index (κ1) is 13.2. The van der Waals surface area contributed by atoms with E-state index < -0.39 is 9.84 Å². The molecule has 2 aliphatic rings. The van der Waals surface area contributed by atoms with E-state index in [9.17, 15) is 13.2 Å². The number of sulfone groups is 1. The Bertz CT molecular complexity index is 388. The van der Waals surface area contributed by atoms with Crippen LogP contribution in [0.5, 0.6) is 0 Å². The van der Waals surface area contributed by atoms with Crippen molar-refractivity contribution < 1.29 is 13.2 Å². The number of hydrogen-bond donors (Lipinski definition) is 0. The van der Waals surface area contributed by atoms with Gasteiger partial charge in [0.1, 0.15) is 0 Å². The van der Waals surface area contributed by atoms with E-state index in [1.54, 1.807) is 4.90 Å². The minimum absolute atomic E-state index is 0.0805. The molecule has 0 spiro atoms. The van der Waals surface area contributed by atoms with Crippen molar-refractivity contribution in [2.75, 3.05) is 29.6 Å². The molecule has 0 aromatic rings. The molecule has 2 saturated heterocycles. The van der Waals surface area contributed by atoms with Gasteiger partial charge in [0, 0.05) is 24.3 Å². The lowest BCUT2D eigenvalue weighted by Crippen LogP contribution is -2.44. The third-order valence-corrected chi connectivity index (χ3v) is 6.46. The van der Waals surface area contributed by atoms with Crippen LogP contribution in [-0.2, 0) is 14.6 Å². The molecule has 0 aliphatic carbocycles. The monoisotopic (exact) mass is 277 g/mol. The number of hydrogen-bond acceptors (Lipinski definition) is 4. The highest BCUT2D eigenvalue weighted by atomic mass is 32.2. The van der Waals surface area contributed by atoms with Crippen LogP contribution in [0.25, 0.3) is 0 Å². The van der Waals surface area contributed by atoms with Gasteiger partial charge in [-0.3, -0.25) is 4.79 Å². The SMILES string of the molecule is CCN(C(=O)C1CCSC1)C1CCS(=O)(=O)C1. The van der Waals surface area contributed by atoms with E-state index >= 15 is 0 Å². The van der Waals surface area contributed by atoms with Crippen LogP contribution in [0.15, 0.2) is 0 Å².